The average Bonchev–Trinajstić information content (AvgIpc) is 2.16. The van der Waals surface area contributed by atoms with Gasteiger partial charge >= 0.3 is 0 Å². The molecule has 1 unspecified atom stereocenters. The van der Waals surface area contributed by atoms with Crippen LogP contribution in [0, 0.1) is 0 Å². The molecule has 0 aliphatic rings. The number of rotatable bonds is 2. The largest absolute Gasteiger partial charge is 0.302 e. The van der Waals surface area contributed by atoms with Crippen LogP contribution in [0.15, 0.2) is 29.2 Å². The van der Waals surface area contributed by atoms with E-state index in [0.29, 0.717) is 5.56 Å². The van der Waals surface area contributed by atoms with Gasteiger partial charge in [0, 0.05) is 20.8 Å². The van der Waals surface area contributed by atoms with E-state index >= 15 is 0 Å². The molecule has 1 aromatic rings. The van der Waals surface area contributed by atoms with Gasteiger partial charge in [0.05, 0.1) is 10.5 Å². The molecule has 0 aliphatic heterocycles. The Morgan fingerprint density at radius 2 is 1.88 bits per heavy atom. The second kappa shape index (κ2) is 4.76. The smallest absolute Gasteiger partial charge is 0.224 e. The average molecular weight is 242 g/mol. The second-order valence-corrected chi connectivity index (χ2v) is 5.37. The molecule has 0 aromatic heterocycles. The monoisotopic (exact) mass is 242 g/mol. The van der Waals surface area contributed by atoms with Crippen molar-refractivity contribution in [3.63, 3.8) is 0 Å². The van der Waals surface area contributed by atoms with Crippen LogP contribution < -0.4 is 0 Å². The SMILES string of the molecule is CC(C)(C)/[N+](O)=C\c1ccccc1S(=O)O. The van der Waals surface area contributed by atoms with Crippen LogP contribution in [-0.2, 0) is 11.1 Å². The van der Waals surface area contributed by atoms with Crippen molar-refractivity contribution in [2.75, 3.05) is 0 Å². The fourth-order valence-electron chi connectivity index (χ4n) is 1.07. The molecule has 1 atom stereocenters. The molecule has 1 rings (SSSR count). The summed E-state index contributed by atoms with van der Waals surface area (Å²) in [6.07, 6.45) is 1.45. The Morgan fingerprint density at radius 1 is 1.31 bits per heavy atom. The van der Waals surface area contributed by atoms with Gasteiger partial charge in [-0.3, -0.25) is 5.21 Å². The molecule has 0 fully saturated rings. The van der Waals surface area contributed by atoms with E-state index in [2.05, 4.69) is 0 Å². The van der Waals surface area contributed by atoms with Crippen LogP contribution in [0.2, 0.25) is 0 Å². The Morgan fingerprint density at radius 3 is 2.38 bits per heavy atom. The molecule has 0 radical (unpaired) electrons. The molecular weight excluding hydrogens is 226 g/mol. The zero-order valence-corrected chi connectivity index (χ0v) is 10.4. The summed E-state index contributed by atoms with van der Waals surface area (Å²) >= 11 is -2.05. The van der Waals surface area contributed by atoms with Crippen molar-refractivity contribution < 1.29 is 18.7 Å². The Kier molecular flexibility index (Phi) is 3.83. The van der Waals surface area contributed by atoms with E-state index in [-0.39, 0.29) is 4.90 Å². The Bertz CT molecular complexity index is 435. The maximum absolute atomic E-state index is 11.0. The third-order valence-corrected chi connectivity index (χ3v) is 2.80. The van der Waals surface area contributed by atoms with Gasteiger partial charge in [-0.1, -0.05) is 12.1 Å². The van der Waals surface area contributed by atoms with Gasteiger partial charge in [0.15, 0.2) is 11.1 Å². The van der Waals surface area contributed by atoms with Gasteiger partial charge in [-0.2, -0.15) is 0 Å². The van der Waals surface area contributed by atoms with Crippen molar-refractivity contribution in [3.8, 4) is 0 Å². The van der Waals surface area contributed by atoms with Crippen LogP contribution in [0.3, 0.4) is 0 Å². The maximum Gasteiger partial charge on any atom is 0.224 e. The molecular formula is C11H16NO3S+. The van der Waals surface area contributed by atoms with Crippen molar-refractivity contribution in [1.29, 1.82) is 0 Å². The molecule has 0 amide bonds. The highest BCUT2D eigenvalue weighted by atomic mass is 32.2. The normalized spacial score (nSPS) is 14.9. The lowest BCUT2D eigenvalue weighted by Crippen LogP contribution is -2.31. The van der Waals surface area contributed by atoms with Crippen molar-refractivity contribution in [3.05, 3.63) is 29.8 Å². The van der Waals surface area contributed by atoms with E-state index in [4.69, 9.17) is 4.55 Å². The first kappa shape index (κ1) is 12.9. The van der Waals surface area contributed by atoms with Crippen LogP contribution >= 0.6 is 0 Å². The summed E-state index contributed by atoms with van der Waals surface area (Å²) in [6, 6.07) is 6.66. The Hall–Kier alpha value is -1.20. The van der Waals surface area contributed by atoms with Gasteiger partial charge in [0.1, 0.15) is 0 Å². The molecule has 0 spiro atoms. The Balaban J connectivity index is 3.20. The lowest BCUT2D eigenvalue weighted by atomic mass is 10.1. The fourth-order valence-corrected chi connectivity index (χ4v) is 1.59. The molecule has 0 aliphatic carbocycles. The first-order valence-electron chi connectivity index (χ1n) is 4.85. The molecule has 4 nitrogen and oxygen atoms in total. The number of nitrogens with zero attached hydrogens (tertiary/aromatic N) is 1. The zero-order chi connectivity index (χ0) is 12.3. The summed E-state index contributed by atoms with van der Waals surface area (Å²) in [7, 11) is 0. The summed E-state index contributed by atoms with van der Waals surface area (Å²) in [5.74, 6) is 0. The van der Waals surface area contributed by atoms with E-state index in [1.54, 1.807) is 24.3 Å². The van der Waals surface area contributed by atoms with Crippen LogP contribution in [0.5, 0.6) is 0 Å². The molecule has 1 aromatic carbocycles. The first-order chi connectivity index (χ1) is 7.32. The number of hydrogen-bond donors (Lipinski definition) is 2. The van der Waals surface area contributed by atoms with E-state index in [0.717, 1.165) is 4.74 Å². The summed E-state index contributed by atoms with van der Waals surface area (Å²) in [5.41, 5.74) is 0.0742. The molecule has 0 saturated carbocycles. The van der Waals surface area contributed by atoms with Crippen LogP contribution in [-0.4, -0.2) is 30.5 Å². The quantitative estimate of drug-likeness (QED) is 0.274. The lowest BCUT2D eigenvalue weighted by molar-refractivity contribution is -0.816. The molecule has 88 valence electrons. The maximum atomic E-state index is 11.0. The summed E-state index contributed by atoms with van der Waals surface area (Å²) in [6.45, 7) is 5.51. The molecule has 0 saturated heterocycles. The molecule has 16 heavy (non-hydrogen) atoms. The van der Waals surface area contributed by atoms with E-state index in [9.17, 15) is 9.42 Å². The first-order valence-corrected chi connectivity index (χ1v) is 5.96. The summed E-state index contributed by atoms with van der Waals surface area (Å²) < 4.78 is 21.1. The third-order valence-electron chi connectivity index (χ3n) is 2.06. The Labute approximate surface area is 97.5 Å². The van der Waals surface area contributed by atoms with Gasteiger partial charge in [0.2, 0.25) is 11.8 Å². The summed E-state index contributed by atoms with van der Waals surface area (Å²) in [5, 5.41) is 9.74. The predicted molar refractivity (Wildman–Crippen MR) is 62.4 cm³/mol. The number of benzene rings is 1. The molecule has 2 N–H and O–H groups in total. The standard InChI is InChI=1S/C11H15NO3S/c1-11(2,3)12(13)8-9-6-4-5-7-10(9)16(14)15/h4-8H,1-3H3,(H-,13,14,15)/p+1/b12-8+. The predicted octanol–water partition coefficient (Wildman–Crippen LogP) is 1.89. The van der Waals surface area contributed by atoms with E-state index in [1.807, 2.05) is 20.8 Å². The van der Waals surface area contributed by atoms with Crippen molar-refractivity contribution in [2.45, 2.75) is 31.2 Å². The molecule has 0 bridgehead atoms. The molecule has 0 heterocycles. The van der Waals surface area contributed by atoms with Gasteiger partial charge < -0.3 is 4.55 Å². The third kappa shape index (κ3) is 3.15. The minimum absolute atomic E-state index is 0.283. The topological polar surface area (TPSA) is 60.5 Å². The van der Waals surface area contributed by atoms with Crippen LogP contribution in [0.1, 0.15) is 26.3 Å². The number of hydroxylamine groups is 1. The highest BCUT2D eigenvalue weighted by Gasteiger charge is 2.24. The second-order valence-electron chi connectivity index (χ2n) is 4.43. The van der Waals surface area contributed by atoms with Crippen molar-refractivity contribution in [1.82, 2.24) is 0 Å². The zero-order valence-electron chi connectivity index (χ0n) is 9.54. The van der Waals surface area contributed by atoms with E-state index in [1.165, 1.54) is 6.21 Å². The van der Waals surface area contributed by atoms with Gasteiger partial charge in [-0.15, -0.1) is 0 Å². The van der Waals surface area contributed by atoms with E-state index < -0.39 is 16.6 Å². The number of hydrogen-bond acceptors (Lipinski definition) is 2. The summed E-state index contributed by atoms with van der Waals surface area (Å²) in [4.78, 5) is 0.283. The van der Waals surface area contributed by atoms with Gasteiger partial charge in [-0.25, -0.2) is 4.21 Å². The minimum atomic E-state index is -2.05. The molecule has 5 heteroatoms. The van der Waals surface area contributed by atoms with Gasteiger partial charge in [0.25, 0.3) is 0 Å². The highest BCUT2D eigenvalue weighted by molar-refractivity contribution is 7.79. The van der Waals surface area contributed by atoms with Crippen molar-refractivity contribution >= 4 is 17.3 Å². The lowest BCUT2D eigenvalue weighted by Gasteiger charge is -2.09. The van der Waals surface area contributed by atoms with Crippen LogP contribution in [0.4, 0.5) is 0 Å². The van der Waals surface area contributed by atoms with Gasteiger partial charge in [-0.05, 0) is 16.9 Å². The van der Waals surface area contributed by atoms with Crippen LogP contribution in [0.25, 0.3) is 0 Å². The fraction of sp³-hybridized carbons (Fsp3) is 0.364. The highest BCUT2D eigenvalue weighted by Crippen LogP contribution is 2.11. The minimum Gasteiger partial charge on any atom is -0.302 e. The van der Waals surface area contributed by atoms with Crippen molar-refractivity contribution in [2.24, 2.45) is 0 Å².